The molecule has 1 aliphatic rings. The molecule has 1 atom stereocenters. The van der Waals surface area contributed by atoms with Crippen LogP contribution in [0.1, 0.15) is 10.7 Å². The van der Waals surface area contributed by atoms with Gasteiger partial charge in [0.15, 0.2) is 0 Å². The van der Waals surface area contributed by atoms with Gasteiger partial charge in [0, 0.05) is 51.5 Å². The number of aromatic nitrogens is 3. The number of carbonyl (C=O) groups is 1. The molecule has 0 radical (unpaired) electrons. The van der Waals surface area contributed by atoms with Crippen molar-refractivity contribution < 1.29 is 9.53 Å². The van der Waals surface area contributed by atoms with Crippen molar-refractivity contribution in [2.75, 3.05) is 33.8 Å². The third-order valence-corrected chi connectivity index (χ3v) is 4.86. The van der Waals surface area contributed by atoms with Gasteiger partial charge in [-0.15, -0.1) is 11.3 Å². The van der Waals surface area contributed by atoms with Crippen LogP contribution in [0, 0.1) is 0 Å². The monoisotopic (exact) mass is 349 g/mol. The van der Waals surface area contributed by atoms with Crippen molar-refractivity contribution in [1.29, 1.82) is 0 Å². The maximum atomic E-state index is 11.8. The van der Waals surface area contributed by atoms with Gasteiger partial charge in [-0.05, 0) is 6.07 Å². The van der Waals surface area contributed by atoms with E-state index in [1.807, 2.05) is 16.9 Å². The maximum absolute atomic E-state index is 11.8. The Bertz CT molecular complexity index is 655. The molecular formula is C16H23N5O2S. The van der Waals surface area contributed by atoms with E-state index in [1.165, 1.54) is 0 Å². The van der Waals surface area contributed by atoms with Gasteiger partial charge in [-0.2, -0.15) is 5.10 Å². The Morgan fingerprint density at radius 2 is 2.38 bits per heavy atom. The fourth-order valence-electron chi connectivity index (χ4n) is 2.67. The Hall–Kier alpha value is -1.77. The fourth-order valence-corrected chi connectivity index (χ4v) is 3.45. The molecule has 0 N–H and O–H groups in total. The largest absolute Gasteiger partial charge is 0.374 e. The lowest BCUT2D eigenvalue weighted by molar-refractivity contribution is -0.127. The van der Waals surface area contributed by atoms with E-state index in [1.54, 1.807) is 36.5 Å². The van der Waals surface area contributed by atoms with E-state index in [9.17, 15) is 4.79 Å². The van der Waals surface area contributed by atoms with Gasteiger partial charge in [0.05, 0.1) is 31.4 Å². The lowest BCUT2D eigenvalue weighted by atomic mass is 10.2. The third-order valence-electron chi connectivity index (χ3n) is 3.96. The predicted octanol–water partition coefficient (Wildman–Crippen LogP) is 0.871. The zero-order chi connectivity index (χ0) is 16.9. The molecule has 0 spiro atoms. The predicted molar refractivity (Wildman–Crippen MR) is 91.8 cm³/mol. The Labute approximate surface area is 145 Å². The molecule has 2 aromatic rings. The molecule has 2 aromatic heterocycles. The van der Waals surface area contributed by atoms with Crippen molar-refractivity contribution in [3.05, 3.63) is 34.5 Å². The van der Waals surface area contributed by atoms with E-state index >= 15 is 0 Å². The molecule has 1 amide bonds. The van der Waals surface area contributed by atoms with Gasteiger partial charge >= 0.3 is 0 Å². The van der Waals surface area contributed by atoms with Gasteiger partial charge < -0.3 is 9.64 Å². The van der Waals surface area contributed by atoms with Crippen molar-refractivity contribution >= 4 is 17.2 Å². The first-order valence-electron chi connectivity index (χ1n) is 8.05. The molecule has 3 rings (SSSR count). The molecule has 0 unspecified atom stereocenters. The normalized spacial score (nSPS) is 18.7. The number of nitrogens with zero attached hydrogens (tertiary/aromatic N) is 5. The van der Waals surface area contributed by atoms with Crippen LogP contribution in [-0.4, -0.2) is 70.4 Å². The molecule has 1 fully saturated rings. The quantitative estimate of drug-likeness (QED) is 0.774. The molecule has 7 nitrogen and oxygen atoms in total. The molecular weight excluding hydrogens is 326 g/mol. The Kier molecular flexibility index (Phi) is 5.60. The summed E-state index contributed by atoms with van der Waals surface area (Å²) in [6.07, 6.45) is 4.26. The highest BCUT2D eigenvalue weighted by atomic mass is 32.1. The number of hydrogen-bond donors (Lipinski definition) is 0. The zero-order valence-electron chi connectivity index (χ0n) is 14.1. The summed E-state index contributed by atoms with van der Waals surface area (Å²) in [6, 6.07) is 1.92. The highest BCUT2D eigenvalue weighted by Gasteiger charge is 2.22. The molecule has 0 bridgehead atoms. The second kappa shape index (κ2) is 7.87. The zero-order valence-corrected chi connectivity index (χ0v) is 14.9. The molecule has 1 aliphatic heterocycles. The molecule has 130 valence electrons. The van der Waals surface area contributed by atoms with Crippen molar-refractivity contribution in [1.82, 2.24) is 24.6 Å². The number of morpholine rings is 1. The average molecular weight is 349 g/mol. The number of thiazole rings is 1. The van der Waals surface area contributed by atoms with Gasteiger partial charge in [0.25, 0.3) is 0 Å². The minimum atomic E-state index is 0.0848. The molecule has 3 heterocycles. The van der Waals surface area contributed by atoms with E-state index < -0.39 is 0 Å². The van der Waals surface area contributed by atoms with Crippen molar-refractivity contribution in [3.8, 4) is 0 Å². The Morgan fingerprint density at radius 1 is 1.50 bits per heavy atom. The molecule has 0 aromatic carbocycles. The van der Waals surface area contributed by atoms with Crippen LogP contribution in [0.2, 0.25) is 0 Å². The van der Waals surface area contributed by atoms with E-state index in [0.29, 0.717) is 6.42 Å². The summed E-state index contributed by atoms with van der Waals surface area (Å²) < 4.78 is 7.74. The molecule has 24 heavy (non-hydrogen) atoms. The van der Waals surface area contributed by atoms with Gasteiger partial charge in [-0.25, -0.2) is 4.98 Å². The summed E-state index contributed by atoms with van der Waals surface area (Å²) in [4.78, 5) is 20.3. The number of amides is 1. The topological polar surface area (TPSA) is 63.5 Å². The second-order valence-electron chi connectivity index (χ2n) is 6.15. The summed E-state index contributed by atoms with van der Waals surface area (Å²) in [5.41, 5.74) is 1.03. The van der Waals surface area contributed by atoms with E-state index in [4.69, 9.17) is 4.74 Å². The van der Waals surface area contributed by atoms with Crippen LogP contribution in [0.25, 0.3) is 0 Å². The van der Waals surface area contributed by atoms with Crippen molar-refractivity contribution in [2.24, 2.45) is 0 Å². The van der Waals surface area contributed by atoms with E-state index in [-0.39, 0.29) is 12.0 Å². The van der Waals surface area contributed by atoms with Crippen LogP contribution in [0.4, 0.5) is 0 Å². The summed E-state index contributed by atoms with van der Waals surface area (Å²) in [6.45, 7) is 4.05. The van der Waals surface area contributed by atoms with Gasteiger partial charge in [-0.1, -0.05) is 0 Å². The number of carbonyl (C=O) groups excluding carboxylic acids is 1. The Balaban J connectivity index is 1.52. The average Bonchev–Trinajstić information content (AvgIpc) is 3.20. The van der Waals surface area contributed by atoms with Crippen molar-refractivity contribution in [2.45, 2.75) is 25.6 Å². The minimum Gasteiger partial charge on any atom is -0.374 e. The second-order valence-corrected chi connectivity index (χ2v) is 7.10. The lowest BCUT2D eigenvalue weighted by Crippen LogP contribution is -2.43. The van der Waals surface area contributed by atoms with Crippen LogP contribution >= 0.6 is 11.3 Å². The van der Waals surface area contributed by atoms with Crippen LogP contribution in [0.5, 0.6) is 0 Å². The first-order valence-corrected chi connectivity index (χ1v) is 8.93. The standard InChI is InChI=1S/C16H23N5O2S/c1-19(2)16(22)8-15-18-13(12-24-15)9-20-6-7-23-14(10-20)11-21-5-3-4-17-21/h3-5,12,14H,6-11H2,1-2H3/t14-/m0/s1. The highest BCUT2D eigenvalue weighted by Crippen LogP contribution is 2.15. The van der Waals surface area contributed by atoms with Gasteiger partial charge in [0.1, 0.15) is 5.01 Å². The van der Waals surface area contributed by atoms with E-state index in [2.05, 4.69) is 20.4 Å². The third kappa shape index (κ3) is 4.62. The summed E-state index contributed by atoms with van der Waals surface area (Å²) in [7, 11) is 3.54. The summed E-state index contributed by atoms with van der Waals surface area (Å²) >= 11 is 1.56. The first kappa shape index (κ1) is 17.1. The summed E-state index contributed by atoms with van der Waals surface area (Å²) in [5.74, 6) is 0.0848. The molecule has 0 saturated carbocycles. The Morgan fingerprint density at radius 3 is 3.12 bits per heavy atom. The summed E-state index contributed by atoms with van der Waals surface area (Å²) in [5, 5.41) is 7.17. The number of rotatable bonds is 6. The molecule has 8 heteroatoms. The van der Waals surface area contributed by atoms with Gasteiger partial charge in [-0.3, -0.25) is 14.4 Å². The van der Waals surface area contributed by atoms with Crippen LogP contribution < -0.4 is 0 Å². The van der Waals surface area contributed by atoms with Gasteiger partial charge in [0.2, 0.25) is 5.91 Å². The SMILES string of the molecule is CN(C)C(=O)Cc1nc(CN2CCO[C@H](Cn3cccn3)C2)cs1. The van der Waals surface area contributed by atoms with E-state index in [0.717, 1.165) is 43.5 Å². The number of ether oxygens (including phenoxy) is 1. The smallest absolute Gasteiger partial charge is 0.228 e. The lowest BCUT2D eigenvalue weighted by Gasteiger charge is -2.32. The van der Waals surface area contributed by atoms with Crippen LogP contribution in [0.15, 0.2) is 23.8 Å². The van der Waals surface area contributed by atoms with Crippen LogP contribution in [0.3, 0.4) is 0 Å². The fraction of sp³-hybridized carbons (Fsp3) is 0.562. The maximum Gasteiger partial charge on any atom is 0.228 e. The van der Waals surface area contributed by atoms with Crippen LogP contribution in [-0.2, 0) is 29.0 Å². The number of likely N-dealkylation sites (N-methyl/N-ethyl adjacent to an activating group) is 1. The van der Waals surface area contributed by atoms with Crippen molar-refractivity contribution in [3.63, 3.8) is 0 Å². The first-order chi connectivity index (χ1) is 11.6. The highest BCUT2D eigenvalue weighted by molar-refractivity contribution is 7.09. The minimum absolute atomic E-state index is 0.0848. The molecule has 0 aliphatic carbocycles. The molecule has 1 saturated heterocycles. The number of hydrogen-bond acceptors (Lipinski definition) is 6.